The average Bonchev–Trinajstić information content (AvgIpc) is 2.50. The first-order valence-corrected chi connectivity index (χ1v) is 6.43. The molecule has 2 N–H and O–H groups in total. The quantitative estimate of drug-likeness (QED) is 0.498. The molecule has 0 saturated heterocycles. The van der Waals surface area contributed by atoms with Crippen LogP contribution in [-0.4, -0.2) is 67.8 Å². The Morgan fingerprint density at radius 3 is 1.91 bits per heavy atom. The minimum absolute atomic E-state index is 0.414. The van der Waals surface area contributed by atoms with Crippen LogP contribution >= 0.6 is 0 Å². The highest BCUT2D eigenvalue weighted by Crippen LogP contribution is 2.33. The maximum atomic E-state index is 10.7. The molecule has 0 atom stereocenters. The highest BCUT2D eigenvalue weighted by molar-refractivity contribution is 5.85. The summed E-state index contributed by atoms with van der Waals surface area (Å²) in [5.41, 5.74) is 0.478. The molecule has 9 nitrogen and oxygen atoms in total. The summed E-state index contributed by atoms with van der Waals surface area (Å²) in [6.07, 6.45) is 1.30. The SMILES string of the molecule is COc1cc(OC)c(OC)cc1/C=N\N(CC(=O)O)CC(=O)O. The van der Waals surface area contributed by atoms with Gasteiger partial charge in [0.2, 0.25) is 0 Å². The molecule has 126 valence electrons. The largest absolute Gasteiger partial charge is 0.496 e. The predicted molar refractivity (Wildman–Crippen MR) is 80.5 cm³/mol. The van der Waals surface area contributed by atoms with Gasteiger partial charge in [-0.1, -0.05) is 0 Å². The average molecular weight is 326 g/mol. The van der Waals surface area contributed by atoms with Crippen LogP contribution in [-0.2, 0) is 9.59 Å². The molecule has 0 fully saturated rings. The molecule has 1 rings (SSSR count). The summed E-state index contributed by atoms with van der Waals surface area (Å²) in [6, 6.07) is 3.17. The highest BCUT2D eigenvalue weighted by atomic mass is 16.5. The van der Waals surface area contributed by atoms with Crippen molar-refractivity contribution in [2.24, 2.45) is 5.10 Å². The number of rotatable bonds is 9. The number of carboxylic acids is 2. The van der Waals surface area contributed by atoms with Gasteiger partial charge in [0.05, 0.1) is 27.5 Å². The number of carbonyl (C=O) groups is 2. The van der Waals surface area contributed by atoms with E-state index in [1.54, 1.807) is 12.1 Å². The summed E-state index contributed by atoms with van der Waals surface area (Å²) in [7, 11) is 4.39. The standard InChI is InChI=1S/C14H18N2O7/c1-21-10-5-12(23-3)11(22-2)4-9(10)6-15-16(7-13(17)18)8-14(19)20/h4-6H,7-8H2,1-3H3,(H,17,18)(H,19,20)/b15-6-. The monoisotopic (exact) mass is 326 g/mol. The first-order chi connectivity index (χ1) is 10.9. The van der Waals surface area contributed by atoms with Crippen molar-refractivity contribution in [1.29, 1.82) is 0 Å². The van der Waals surface area contributed by atoms with Crippen LogP contribution in [0.2, 0.25) is 0 Å². The molecule has 0 unspecified atom stereocenters. The van der Waals surface area contributed by atoms with Crippen LogP contribution < -0.4 is 14.2 Å². The van der Waals surface area contributed by atoms with E-state index < -0.39 is 25.0 Å². The smallest absolute Gasteiger partial charge is 0.324 e. The van der Waals surface area contributed by atoms with E-state index in [1.165, 1.54) is 27.5 Å². The van der Waals surface area contributed by atoms with Crippen LogP contribution in [0.25, 0.3) is 0 Å². The molecule has 0 amide bonds. The zero-order valence-electron chi connectivity index (χ0n) is 13.0. The maximum Gasteiger partial charge on any atom is 0.324 e. The van der Waals surface area contributed by atoms with Gasteiger partial charge in [-0.25, -0.2) is 0 Å². The second-order valence-electron chi connectivity index (χ2n) is 4.30. The third kappa shape index (κ3) is 5.38. The second kappa shape index (κ2) is 8.47. The van der Waals surface area contributed by atoms with E-state index >= 15 is 0 Å². The molecular weight excluding hydrogens is 308 g/mol. The number of ether oxygens (including phenoxy) is 3. The lowest BCUT2D eigenvalue weighted by Gasteiger charge is -2.15. The second-order valence-corrected chi connectivity index (χ2v) is 4.30. The molecule has 1 aromatic carbocycles. The van der Waals surface area contributed by atoms with E-state index in [9.17, 15) is 9.59 Å². The number of nitrogens with zero attached hydrogens (tertiary/aromatic N) is 2. The van der Waals surface area contributed by atoms with Crippen molar-refractivity contribution in [3.05, 3.63) is 17.7 Å². The van der Waals surface area contributed by atoms with E-state index in [1.807, 2.05) is 0 Å². The van der Waals surface area contributed by atoms with Crippen molar-refractivity contribution in [3.63, 3.8) is 0 Å². The number of benzene rings is 1. The molecule has 1 aromatic rings. The summed E-state index contributed by atoms with van der Waals surface area (Å²) < 4.78 is 15.5. The molecule has 0 radical (unpaired) electrons. The minimum Gasteiger partial charge on any atom is -0.496 e. The fraction of sp³-hybridized carbons (Fsp3) is 0.357. The lowest BCUT2D eigenvalue weighted by molar-refractivity contribution is -0.141. The van der Waals surface area contributed by atoms with Gasteiger partial charge >= 0.3 is 11.9 Å². The molecule has 0 aliphatic rings. The molecular formula is C14H18N2O7. The number of hydrogen-bond acceptors (Lipinski definition) is 7. The van der Waals surface area contributed by atoms with Gasteiger partial charge < -0.3 is 24.4 Å². The number of carboxylic acid groups (broad SMARTS) is 2. The van der Waals surface area contributed by atoms with Crippen LogP contribution in [0.1, 0.15) is 5.56 Å². The molecule has 0 bridgehead atoms. The molecule has 0 heterocycles. The van der Waals surface area contributed by atoms with Gasteiger partial charge in [0.1, 0.15) is 18.8 Å². The number of hydrazone groups is 1. The molecule has 0 saturated carbocycles. The molecule has 0 aliphatic carbocycles. The van der Waals surface area contributed by atoms with Gasteiger partial charge in [0.25, 0.3) is 0 Å². The van der Waals surface area contributed by atoms with E-state index in [0.29, 0.717) is 22.8 Å². The summed E-state index contributed by atoms with van der Waals surface area (Å²) in [5, 5.41) is 22.3. The summed E-state index contributed by atoms with van der Waals surface area (Å²) in [5.74, 6) is -1.09. The van der Waals surface area contributed by atoms with Gasteiger partial charge in [0, 0.05) is 11.6 Å². The number of methoxy groups -OCH3 is 3. The third-order valence-electron chi connectivity index (χ3n) is 2.73. The van der Waals surface area contributed by atoms with Gasteiger partial charge in [-0.15, -0.1) is 0 Å². The van der Waals surface area contributed by atoms with Crippen LogP contribution in [0.3, 0.4) is 0 Å². The Morgan fingerprint density at radius 1 is 1.00 bits per heavy atom. The summed E-state index contributed by atoms with van der Waals surface area (Å²) in [6.45, 7) is -1.09. The zero-order chi connectivity index (χ0) is 17.4. The topological polar surface area (TPSA) is 118 Å². The van der Waals surface area contributed by atoms with Gasteiger partial charge in [-0.05, 0) is 6.07 Å². The Morgan fingerprint density at radius 2 is 1.48 bits per heavy atom. The van der Waals surface area contributed by atoms with Gasteiger partial charge in [-0.3, -0.25) is 14.6 Å². The lowest BCUT2D eigenvalue weighted by atomic mass is 10.2. The van der Waals surface area contributed by atoms with Crippen molar-refractivity contribution in [3.8, 4) is 17.2 Å². The Balaban J connectivity index is 3.12. The van der Waals surface area contributed by atoms with E-state index in [2.05, 4.69) is 5.10 Å². The van der Waals surface area contributed by atoms with E-state index in [0.717, 1.165) is 5.01 Å². The Labute approximate surface area is 132 Å². The predicted octanol–water partition coefficient (Wildman–Crippen LogP) is 0.517. The Bertz CT molecular complexity index is 585. The van der Waals surface area contributed by atoms with Crippen molar-refractivity contribution >= 4 is 18.2 Å². The van der Waals surface area contributed by atoms with Crippen LogP contribution in [0.4, 0.5) is 0 Å². The summed E-state index contributed by atoms with van der Waals surface area (Å²) >= 11 is 0. The molecule has 0 aliphatic heterocycles. The van der Waals surface area contributed by atoms with Gasteiger partial charge in [-0.2, -0.15) is 5.10 Å². The van der Waals surface area contributed by atoms with Crippen LogP contribution in [0, 0.1) is 0 Å². The van der Waals surface area contributed by atoms with Crippen molar-refractivity contribution < 1.29 is 34.0 Å². The van der Waals surface area contributed by atoms with Crippen LogP contribution in [0.5, 0.6) is 17.2 Å². The summed E-state index contributed by atoms with van der Waals surface area (Å²) in [4.78, 5) is 21.5. The van der Waals surface area contributed by atoms with Crippen molar-refractivity contribution in [1.82, 2.24) is 5.01 Å². The Hall–Kier alpha value is -2.97. The first-order valence-electron chi connectivity index (χ1n) is 6.43. The normalized spacial score (nSPS) is 10.4. The van der Waals surface area contributed by atoms with E-state index in [-0.39, 0.29) is 0 Å². The third-order valence-corrected chi connectivity index (χ3v) is 2.73. The van der Waals surface area contributed by atoms with Crippen molar-refractivity contribution in [2.75, 3.05) is 34.4 Å². The zero-order valence-corrected chi connectivity index (χ0v) is 13.0. The molecule has 23 heavy (non-hydrogen) atoms. The lowest BCUT2D eigenvalue weighted by Crippen LogP contribution is -2.30. The highest BCUT2D eigenvalue weighted by Gasteiger charge is 2.13. The van der Waals surface area contributed by atoms with Crippen molar-refractivity contribution in [2.45, 2.75) is 0 Å². The molecule has 0 spiro atoms. The number of aliphatic carboxylic acids is 2. The first kappa shape index (κ1) is 18.1. The molecule has 9 heteroatoms. The molecule has 0 aromatic heterocycles. The van der Waals surface area contributed by atoms with Crippen LogP contribution in [0.15, 0.2) is 17.2 Å². The maximum absolute atomic E-state index is 10.7. The Kier molecular flexibility index (Phi) is 6.66. The fourth-order valence-electron chi connectivity index (χ4n) is 1.75. The van der Waals surface area contributed by atoms with E-state index in [4.69, 9.17) is 24.4 Å². The minimum atomic E-state index is -1.19. The fourth-order valence-corrected chi connectivity index (χ4v) is 1.75. The number of hydrogen-bond donors (Lipinski definition) is 2. The van der Waals surface area contributed by atoms with Gasteiger partial charge in [0.15, 0.2) is 11.5 Å².